The average Bonchev–Trinajstić information content (AvgIpc) is 3.66. The van der Waals surface area contributed by atoms with Gasteiger partial charge in [-0.2, -0.15) is 10.2 Å². The van der Waals surface area contributed by atoms with E-state index in [9.17, 15) is 13.6 Å². The summed E-state index contributed by atoms with van der Waals surface area (Å²) in [6.07, 6.45) is 10.8. The van der Waals surface area contributed by atoms with Crippen LogP contribution in [0.15, 0.2) is 24.5 Å². The predicted molar refractivity (Wildman–Crippen MR) is 173 cm³/mol. The van der Waals surface area contributed by atoms with Gasteiger partial charge in [-0.1, -0.05) is 0 Å². The van der Waals surface area contributed by atoms with Crippen molar-refractivity contribution in [3.63, 3.8) is 0 Å². The second-order valence-electron chi connectivity index (χ2n) is 14.5. The fraction of sp³-hybridized carbons (Fsp3) is 0.629. The number of nitrogens with zero attached hydrogens (tertiary/aromatic N) is 7. The molecule has 0 unspecified atom stereocenters. The second kappa shape index (κ2) is 11.7. The van der Waals surface area contributed by atoms with Gasteiger partial charge in [-0.3, -0.25) is 14.2 Å². The van der Waals surface area contributed by atoms with Crippen molar-refractivity contribution in [1.82, 2.24) is 34.7 Å². The van der Waals surface area contributed by atoms with Crippen LogP contribution in [-0.4, -0.2) is 80.6 Å². The van der Waals surface area contributed by atoms with Gasteiger partial charge in [0.1, 0.15) is 0 Å². The van der Waals surface area contributed by atoms with Gasteiger partial charge in [-0.15, -0.1) is 0 Å². The van der Waals surface area contributed by atoms with Crippen LogP contribution in [0.25, 0.3) is 11.1 Å². The highest BCUT2D eigenvalue weighted by Crippen LogP contribution is 2.45. The van der Waals surface area contributed by atoms with Gasteiger partial charge in [-0.25, -0.2) is 8.78 Å². The van der Waals surface area contributed by atoms with Crippen LogP contribution in [0.3, 0.4) is 0 Å². The van der Waals surface area contributed by atoms with E-state index in [1.165, 1.54) is 44.5 Å². The van der Waals surface area contributed by atoms with Gasteiger partial charge in [0, 0.05) is 100.0 Å². The summed E-state index contributed by atoms with van der Waals surface area (Å²) in [6, 6.07) is 4.63. The highest BCUT2D eigenvalue weighted by Gasteiger charge is 2.42. The van der Waals surface area contributed by atoms with Crippen molar-refractivity contribution in [3.05, 3.63) is 46.9 Å². The lowest BCUT2D eigenvalue weighted by atomic mass is 9.68. The summed E-state index contributed by atoms with van der Waals surface area (Å²) in [4.78, 5) is 19.3. The molecule has 1 N–H and O–H groups in total. The molecule has 1 amide bonds. The maximum Gasteiger partial charge on any atom is 0.264 e. The molecule has 1 saturated carbocycles. The molecule has 1 aromatic carbocycles. The Balaban J connectivity index is 1.10. The third-order valence-corrected chi connectivity index (χ3v) is 11.8. The van der Waals surface area contributed by atoms with Gasteiger partial charge in [-0.05, 0) is 80.0 Å². The summed E-state index contributed by atoms with van der Waals surface area (Å²) in [5.41, 5.74) is 6.02. The number of likely N-dealkylation sites (tertiary alicyclic amines) is 1. The summed E-state index contributed by atoms with van der Waals surface area (Å²) in [5.74, 6) is 0.898. The Morgan fingerprint density at radius 2 is 1.80 bits per heavy atom. The average molecular weight is 633 g/mol. The van der Waals surface area contributed by atoms with E-state index in [1.54, 1.807) is 37.1 Å². The van der Waals surface area contributed by atoms with E-state index in [0.717, 1.165) is 67.8 Å². The molecule has 0 atom stereocenters. The van der Waals surface area contributed by atoms with Crippen LogP contribution in [0, 0.1) is 5.41 Å². The first-order valence-corrected chi connectivity index (χ1v) is 17.3. The largest absolute Gasteiger partial charge is 0.338 e. The molecule has 0 bridgehead atoms. The molecule has 2 saturated heterocycles. The first-order chi connectivity index (χ1) is 22.3. The summed E-state index contributed by atoms with van der Waals surface area (Å²) in [5, 5.41) is 13.1. The zero-order valence-corrected chi connectivity index (χ0v) is 27.1. The first kappa shape index (κ1) is 30.1. The lowest BCUT2D eigenvalue weighted by molar-refractivity contribution is -0.129. The number of hydrogen-bond donors (Lipinski definition) is 1. The van der Waals surface area contributed by atoms with Crippen LogP contribution in [-0.2, 0) is 31.2 Å². The first-order valence-electron chi connectivity index (χ1n) is 17.3. The Morgan fingerprint density at radius 1 is 1.02 bits per heavy atom. The predicted octanol–water partition coefficient (Wildman–Crippen LogP) is 5.38. The van der Waals surface area contributed by atoms with Gasteiger partial charge in [0.2, 0.25) is 5.91 Å². The van der Waals surface area contributed by atoms with Crippen molar-refractivity contribution in [2.24, 2.45) is 12.5 Å². The number of alkyl halides is 2. The van der Waals surface area contributed by atoms with E-state index in [4.69, 9.17) is 5.10 Å². The standard InChI is InChI=1S/C35H46F2N8O/c1-23(46)43-15-9-31-30(20-43)34(40-45(31)27-7-13-42(14-8-27)26-5-10-35(11-6-26)21-38-22-35)44-12-3-4-24-16-28(25-18-39-41(2)19-25)29(33(36)37)17-32(24)44/h16-19,26-27,33,38H,3-15,20-22H2,1-2H3. The molecule has 1 spiro atoms. The maximum absolute atomic E-state index is 14.6. The number of aromatic nitrogens is 4. The lowest BCUT2D eigenvalue weighted by Gasteiger charge is -2.50. The molecular weight excluding hydrogens is 586 g/mol. The van der Waals surface area contributed by atoms with Crippen molar-refractivity contribution in [3.8, 4) is 11.1 Å². The Hall–Kier alpha value is -3.31. The molecule has 46 heavy (non-hydrogen) atoms. The van der Waals surface area contributed by atoms with Crippen molar-refractivity contribution in [1.29, 1.82) is 0 Å². The minimum absolute atomic E-state index is 0.0203. The fourth-order valence-corrected chi connectivity index (χ4v) is 8.98. The third-order valence-electron chi connectivity index (χ3n) is 11.8. The van der Waals surface area contributed by atoms with E-state index in [0.29, 0.717) is 48.3 Å². The molecule has 3 aromatic rings. The lowest BCUT2D eigenvalue weighted by Crippen LogP contribution is -2.57. The molecule has 3 fully saturated rings. The van der Waals surface area contributed by atoms with Gasteiger partial charge >= 0.3 is 0 Å². The molecule has 2 aromatic heterocycles. The summed E-state index contributed by atoms with van der Waals surface area (Å²) >= 11 is 0. The van der Waals surface area contributed by atoms with E-state index in [1.807, 2.05) is 11.0 Å². The van der Waals surface area contributed by atoms with Crippen LogP contribution in [0.2, 0.25) is 0 Å². The third kappa shape index (κ3) is 5.23. The Labute approximate surface area is 269 Å². The molecule has 6 heterocycles. The topological polar surface area (TPSA) is 74.5 Å². The second-order valence-corrected chi connectivity index (χ2v) is 14.5. The molecule has 246 valence electrons. The number of hydrogen-bond acceptors (Lipinski definition) is 6. The highest BCUT2D eigenvalue weighted by molar-refractivity contribution is 5.78. The number of nitrogens with one attached hydrogen (secondary N) is 1. The molecule has 11 heteroatoms. The number of halogens is 2. The van der Waals surface area contributed by atoms with E-state index < -0.39 is 6.43 Å². The summed E-state index contributed by atoms with van der Waals surface area (Å²) in [7, 11) is 1.80. The monoisotopic (exact) mass is 632 g/mol. The Morgan fingerprint density at radius 3 is 2.46 bits per heavy atom. The molecule has 1 aliphatic carbocycles. The molecule has 4 aliphatic heterocycles. The molecule has 8 rings (SSSR count). The maximum atomic E-state index is 14.6. The van der Waals surface area contributed by atoms with Gasteiger partial charge in [0.15, 0.2) is 5.82 Å². The fourth-order valence-electron chi connectivity index (χ4n) is 8.98. The quantitative estimate of drug-likeness (QED) is 0.408. The van der Waals surface area contributed by atoms with Gasteiger partial charge in [0.05, 0.1) is 18.8 Å². The van der Waals surface area contributed by atoms with E-state index in [-0.39, 0.29) is 11.5 Å². The summed E-state index contributed by atoms with van der Waals surface area (Å²) < 4.78 is 33.1. The minimum atomic E-state index is -2.62. The molecule has 0 radical (unpaired) electrons. The summed E-state index contributed by atoms with van der Waals surface area (Å²) in [6.45, 7) is 8.12. The number of fused-ring (bicyclic) bond motifs is 2. The number of benzene rings is 1. The minimum Gasteiger partial charge on any atom is -0.338 e. The number of aryl methyl sites for hydroxylation is 2. The van der Waals surface area contributed by atoms with Crippen LogP contribution >= 0.6 is 0 Å². The van der Waals surface area contributed by atoms with Crippen LogP contribution in [0.4, 0.5) is 20.3 Å². The van der Waals surface area contributed by atoms with E-state index in [2.05, 4.69) is 24.9 Å². The molecule has 9 nitrogen and oxygen atoms in total. The Kier molecular flexibility index (Phi) is 7.67. The zero-order valence-electron chi connectivity index (χ0n) is 27.1. The number of anilines is 2. The van der Waals surface area contributed by atoms with Crippen LogP contribution in [0.1, 0.15) is 86.7 Å². The van der Waals surface area contributed by atoms with Gasteiger partial charge < -0.3 is 20.0 Å². The smallest absolute Gasteiger partial charge is 0.264 e. The SMILES string of the molecule is CC(=O)N1CCc2c(c(N3CCCc4cc(-c5cnn(C)c5)c(C(F)F)cc43)nn2C2CCN(C3CCC4(CC3)CNC4)CC2)C1. The van der Waals surface area contributed by atoms with Crippen LogP contribution < -0.4 is 10.2 Å². The van der Waals surface area contributed by atoms with E-state index >= 15 is 0 Å². The number of piperidine rings is 1. The van der Waals surface area contributed by atoms with Crippen molar-refractivity contribution < 1.29 is 13.6 Å². The molecular formula is C35H46F2N8O. The molecule has 5 aliphatic rings. The number of amides is 1. The van der Waals surface area contributed by atoms with Crippen molar-refractivity contribution in [2.45, 2.75) is 89.8 Å². The number of carbonyl (C=O) groups is 1. The highest BCUT2D eigenvalue weighted by atomic mass is 19.3. The van der Waals surface area contributed by atoms with Crippen molar-refractivity contribution >= 4 is 17.4 Å². The number of carbonyl (C=O) groups excluding carboxylic acids is 1. The normalized spacial score (nSPS) is 22.3. The van der Waals surface area contributed by atoms with Crippen molar-refractivity contribution in [2.75, 3.05) is 44.2 Å². The number of rotatable bonds is 5. The van der Waals surface area contributed by atoms with Gasteiger partial charge in [0.25, 0.3) is 6.43 Å². The zero-order chi connectivity index (χ0) is 31.6. The Bertz CT molecular complexity index is 1610. The van der Waals surface area contributed by atoms with Crippen LogP contribution in [0.5, 0.6) is 0 Å².